The summed E-state index contributed by atoms with van der Waals surface area (Å²) in [7, 11) is 1.44. The second-order valence-corrected chi connectivity index (χ2v) is 7.13. The molecule has 4 aromatic rings. The first-order valence-corrected chi connectivity index (χ1v) is 9.94. The number of imidazole rings is 1. The minimum Gasteiger partial charge on any atom is -0.493 e. The number of hydrogen-bond donors (Lipinski definition) is 1. The molecule has 0 saturated carbocycles. The van der Waals surface area contributed by atoms with Gasteiger partial charge in [0, 0.05) is 11.1 Å². The normalized spacial score (nSPS) is 14.7. The number of methoxy groups -OCH3 is 1. The fourth-order valence-corrected chi connectivity index (χ4v) is 3.52. The molecule has 0 fully saturated rings. The molecular formula is C25H18N4O3. The van der Waals surface area contributed by atoms with Crippen LogP contribution in [0.5, 0.6) is 5.88 Å². The smallest absolute Gasteiger partial charge is 0.255 e. The number of nitrogens with zero attached hydrogens (tertiary/aromatic N) is 4. The van der Waals surface area contributed by atoms with Crippen molar-refractivity contribution in [3.05, 3.63) is 95.9 Å². The van der Waals surface area contributed by atoms with Crippen LogP contribution < -0.4 is 0 Å². The van der Waals surface area contributed by atoms with Crippen molar-refractivity contribution in [1.29, 1.82) is 0 Å². The molecule has 1 aliphatic rings. The average molecular weight is 422 g/mol. The molecule has 2 aromatic heterocycles. The summed E-state index contributed by atoms with van der Waals surface area (Å²) in [4.78, 5) is 20.8. The van der Waals surface area contributed by atoms with E-state index >= 15 is 0 Å². The number of ketones is 1. The molecule has 156 valence electrons. The van der Waals surface area contributed by atoms with Crippen molar-refractivity contribution in [2.24, 2.45) is 0 Å². The maximum atomic E-state index is 11.8. The molecule has 0 amide bonds. The molecule has 7 heteroatoms. The monoisotopic (exact) mass is 422 g/mol. The molecule has 1 N–H and O–H groups in total. The minimum atomic E-state index is -0.217. The standard InChI is InChI=1S/C25H18N4O3/c1-32-21-15-16(12-13-20(21)30)14-19-24(31)27-25-26-22(17-8-4-2-5-9-17)23(28-29(19)25)18-10-6-3-7-11-18/h2-15,31H,1H3. The van der Waals surface area contributed by atoms with E-state index in [4.69, 9.17) is 14.8 Å². The van der Waals surface area contributed by atoms with Gasteiger partial charge in [-0.05, 0) is 23.8 Å². The molecule has 0 bridgehead atoms. The summed E-state index contributed by atoms with van der Waals surface area (Å²) < 4.78 is 6.62. The van der Waals surface area contributed by atoms with Crippen LogP contribution in [0.4, 0.5) is 0 Å². The Morgan fingerprint density at radius 1 is 0.906 bits per heavy atom. The number of carbonyl (C=O) groups excluding carboxylic acids is 1. The fraction of sp³-hybridized carbons (Fsp3) is 0.0400. The lowest BCUT2D eigenvalue weighted by Crippen LogP contribution is -2.05. The van der Waals surface area contributed by atoms with Gasteiger partial charge in [0.25, 0.3) is 5.78 Å². The van der Waals surface area contributed by atoms with Gasteiger partial charge in [-0.15, -0.1) is 0 Å². The number of fused-ring (bicyclic) bond motifs is 1. The van der Waals surface area contributed by atoms with Gasteiger partial charge in [-0.2, -0.15) is 14.6 Å². The molecule has 7 nitrogen and oxygen atoms in total. The van der Waals surface area contributed by atoms with Gasteiger partial charge in [0.05, 0.1) is 7.11 Å². The van der Waals surface area contributed by atoms with E-state index in [1.165, 1.54) is 17.7 Å². The number of hydrogen-bond acceptors (Lipinski definition) is 6. The zero-order valence-electron chi connectivity index (χ0n) is 17.1. The van der Waals surface area contributed by atoms with Gasteiger partial charge in [-0.3, -0.25) is 4.79 Å². The summed E-state index contributed by atoms with van der Waals surface area (Å²) in [5.74, 6) is 0.0549. The highest BCUT2D eigenvalue weighted by Crippen LogP contribution is 2.31. The van der Waals surface area contributed by atoms with E-state index in [1.54, 1.807) is 18.2 Å². The summed E-state index contributed by atoms with van der Waals surface area (Å²) in [6, 6.07) is 19.5. The number of aromatic hydroxyl groups is 1. The summed E-state index contributed by atoms with van der Waals surface area (Å²) in [6.45, 7) is 0. The van der Waals surface area contributed by atoms with Crippen LogP contribution in [-0.4, -0.2) is 37.6 Å². The van der Waals surface area contributed by atoms with Crippen molar-refractivity contribution in [3.8, 4) is 28.4 Å². The zero-order valence-corrected chi connectivity index (χ0v) is 17.1. The Morgan fingerprint density at radius 3 is 2.22 bits per heavy atom. The van der Waals surface area contributed by atoms with E-state index in [0.29, 0.717) is 22.7 Å². The Hall–Kier alpha value is -4.52. The van der Waals surface area contributed by atoms with Crippen LogP contribution in [0, 0.1) is 0 Å². The molecule has 2 heterocycles. The maximum Gasteiger partial charge on any atom is 0.255 e. The van der Waals surface area contributed by atoms with Crippen LogP contribution in [0.25, 0.3) is 34.4 Å². The van der Waals surface area contributed by atoms with Gasteiger partial charge >= 0.3 is 0 Å². The molecule has 0 atom stereocenters. The van der Waals surface area contributed by atoms with Crippen molar-refractivity contribution in [2.45, 2.75) is 0 Å². The van der Waals surface area contributed by atoms with Crippen LogP contribution in [-0.2, 0) is 9.53 Å². The molecule has 5 rings (SSSR count). The quantitative estimate of drug-likeness (QED) is 0.530. The van der Waals surface area contributed by atoms with E-state index in [0.717, 1.165) is 11.1 Å². The van der Waals surface area contributed by atoms with Gasteiger partial charge in [-0.25, -0.2) is 4.98 Å². The Labute approximate surface area is 183 Å². The first kappa shape index (κ1) is 19.4. The van der Waals surface area contributed by atoms with Crippen molar-refractivity contribution in [2.75, 3.05) is 7.11 Å². The molecule has 0 radical (unpaired) electrons. The molecule has 1 aliphatic carbocycles. The number of aromatic nitrogens is 4. The predicted molar refractivity (Wildman–Crippen MR) is 121 cm³/mol. The predicted octanol–water partition coefficient (Wildman–Crippen LogP) is 4.22. The van der Waals surface area contributed by atoms with Gasteiger partial charge in [0.15, 0.2) is 5.76 Å². The number of rotatable bonds is 4. The first-order chi connectivity index (χ1) is 15.6. The number of carbonyl (C=O) groups is 1. The van der Waals surface area contributed by atoms with Gasteiger partial charge in [0.1, 0.15) is 17.1 Å². The third-order valence-electron chi connectivity index (χ3n) is 5.07. The molecule has 32 heavy (non-hydrogen) atoms. The zero-order chi connectivity index (χ0) is 22.1. The van der Waals surface area contributed by atoms with Crippen molar-refractivity contribution in [1.82, 2.24) is 19.6 Å². The number of benzene rings is 2. The van der Waals surface area contributed by atoms with Gasteiger partial charge in [0.2, 0.25) is 11.7 Å². The Balaban J connectivity index is 1.73. The van der Waals surface area contributed by atoms with E-state index in [9.17, 15) is 9.90 Å². The fourth-order valence-electron chi connectivity index (χ4n) is 3.52. The van der Waals surface area contributed by atoms with E-state index in [-0.39, 0.29) is 23.2 Å². The molecule has 0 spiro atoms. The topological polar surface area (TPSA) is 89.6 Å². The van der Waals surface area contributed by atoms with Crippen LogP contribution in [0.3, 0.4) is 0 Å². The highest BCUT2D eigenvalue weighted by atomic mass is 16.5. The van der Waals surface area contributed by atoms with Gasteiger partial charge < -0.3 is 9.84 Å². The van der Waals surface area contributed by atoms with E-state index in [1.807, 2.05) is 60.7 Å². The van der Waals surface area contributed by atoms with Crippen molar-refractivity contribution >= 4 is 17.6 Å². The maximum absolute atomic E-state index is 11.8. The molecule has 0 saturated heterocycles. The highest BCUT2D eigenvalue weighted by molar-refractivity contribution is 6.05. The molecule has 0 aliphatic heterocycles. The second kappa shape index (κ2) is 7.96. The lowest BCUT2D eigenvalue weighted by atomic mass is 10.0. The van der Waals surface area contributed by atoms with Crippen molar-refractivity contribution < 1.29 is 14.6 Å². The van der Waals surface area contributed by atoms with Crippen LogP contribution >= 0.6 is 0 Å². The van der Waals surface area contributed by atoms with Crippen LogP contribution in [0.2, 0.25) is 0 Å². The Morgan fingerprint density at radius 2 is 1.56 bits per heavy atom. The third-order valence-corrected chi connectivity index (χ3v) is 5.07. The van der Waals surface area contributed by atoms with Crippen LogP contribution in [0.1, 0.15) is 5.69 Å². The minimum absolute atomic E-state index is 0.209. The van der Waals surface area contributed by atoms with E-state index in [2.05, 4.69) is 4.98 Å². The molecular weight excluding hydrogens is 404 g/mol. The second-order valence-electron chi connectivity index (χ2n) is 7.13. The highest BCUT2D eigenvalue weighted by Gasteiger charge is 2.19. The SMILES string of the molecule is COC1=CC(=Cc2c(O)nc3nc(-c4ccccc4)c(-c4ccccc4)nn23)C=CC1=O. The summed E-state index contributed by atoms with van der Waals surface area (Å²) in [5, 5.41) is 15.4. The largest absolute Gasteiger partial charge is 0.493 e. The van der Waals surface area contributed by atoms with Crippen LogP contribution in [0.15, 0.2) is 90.2 Å². The molecule has 0 unspecified atom stereocenters. The molecule has 2 aromatic carbocycles. The van der Waals surface area contributed by atoms with Gasteiger partial charge in [-0.1, -0.05) is 66.7 Å². The lowest BCUT2D eigenvalue weighted by Gasteiger charge is -2.10. The Bertz CT molecular complexity index is 1420. The Kier molecular flexibility index (Phi) is 4.84. The third kappa shape index (κ3) is 3.45. The lowest BCUT2D eigenvalue weighted by molar-refractivity contribution is -0.114. The number of ether oxygens (including phenoxy) is 1. The summed E-state index contributed by atoms with van der Waals surface area (Å²) >= 11 is 0. The summed E-state index contributed by atoms with van der Waals surface area (Å²) in [5.41, 5.74) is 4.11. The average Bonchev–Trinajstić information content (AvgIpc) is 3.14. The number of allylic oxidation sites excluding steroid dienone is 4. The van der Waals surface area contributed by atoms with Crippen molar-refractivity contribution in [3.63, 3.8) is 0 Å². The summed E-state index contributed by atoms with van der Waals surface area (Å²) in [6.07, 6.45) is 6.35. The van der Waals surface area contributed by atoms with E-state index < -0.39 is 0 Å². The first-order valence-electron chi connectivity index (χ1n) is 9.94.